The summed E-state index contributed by atoms with van der Waals surface area (Å²) in [6.07, 6.45) is 2.27. The smallest absolute Gasteiger partial charge is 0.251 e. The van der Waals surface area contributed by atoms with Crippen LogP contribution in [0.15, 0.2) is 65.3 Å². The van der Waals surface area contributed by atoms with Crippen LogP contribution in [0.3, 0.4) is 0 Å². The van der Waals surface area contributed by atoms with Gasteiger partial charge in [0.2, 0.25) is 0 Å². The normalized spacial score (nSPS) is 12.3. The van der Waals surface area contributed by atoms with E-state index < -0.39 is 0 Å². The van der Waals surface area contributed by atoms with Gasteiger partial charge in [-0.3, -0.25) is 4.79 Å². The monoisotopic (exact) mass is 404 g/mol. The van der Waals surface area contributed by atoms with Crippen molar-refractivity contribution >= 4 is 16.8 Å². The Kier molecular flexibility index (Phi) is 5.44. The zero-order chi connectivity index (χ0) is 21.3. The lowest BCUT2D eigenvalue weighted by molar-refractivity contribution is 0.0939. The van der Waals surface area contributed by atoms with Crippen molar-refractivity contribution in [2.75, 3.05) is 0 Å². The summed E-state index contributed by atoms with van der Waals surface area (Å²) in [5, 5.41) is 4.04. The molecule has 2 aromatic heterocycles. The van der Waals surface area contributed by atoms with Crippen molar-refractivity contribution in [2.45, 2.75) is 39.8 Å². The molecule has 2 aromatic carbocycles. The van der Waals surface area contributed by atoms with Crippen molar-refractivity contribution in [3.05, 3.63) is 94.8 Å². The zero-order valence-corrected chi connectivity index (χ0v) is 17.4. The molecule has 0 aliphatic heterocycles. The van der Waals surface area contributed by atoms with Gasteiger partial charge in [0.15, 0.2) is 0 Å². The number of nitrogens with zero attached hydrogens (tertiary/aromatic N) is 1. The summed E-state index contributed by atoms with van der Waals surface area (Å²) in [4.78, 5) is 12.8. The largest absolute Gasteiger partial charge is 0.469 e. The Bertz CT molecular complexity index is 1190. The lowest BCUT2D eigenvalue weighted by atomic mass is 10.1. The fourth-order valence-corrected chi connectivity index (χ4v) is 3.88. The number of aryl methyl sites for hydroxylation is 1. The number of benzene rings is 2. The van der Waals surface area contributed by atoms with E-state index >= 15 is 0 Å². The second-order valence-corrected chi connectivity index (χ2v) is 7.78. The molecule has 1 atom stereocenters. The van der Waals surface area contributed by atoms with Crippen LogP contribution in [0.4, 0.5) is 4.39 Å². The van der Waals surface area contributed by atoms with Gasteiger partial charge in [-0.25, -0.2) is 4.39 Å². The third-order valence-electron chi connectivity index (χ3n) is 5.65. The molecule has 4 nitrogen and oxygen atoms in total. The minimum Gasteiger partial charge on any atom is -0.469 e. The molecule has 0 spiro atoms. The molecule has 1 unspecified atom stereocenters. The van der Waals surface area contributed by atoms with Gasteiger partial charge in [0.1, 0.15) is 11.6 Å². The van der Waals surface area contributed by atoms with E-state index in [1.807, 2.05) is 57.2 Å². The maximum atomic E-state index is 14.2. The number of rotatable bonds is 6. The van der Waals surface area contributed by atoms with E-state index in [9.17, 15) is 9.18 Å². The van der Waals surface area contributed by atoms with Crippen LogP contribution >= 0.6 is 0 Å². The summed E-state index contributed by atoms with van der Waals surface area (Å²) in [6.45, 7) is 6.48. The van der Waals surface area contributed by atoms with Crippen molar-refractivity contribution in [3.8, 4) is 0 Å². The second-order valence-electron chi connectivity index (χ2n) is 7.78. The van der Waals surface area contributed by atoms with Gasteiger partial charge >= 0.3 is 0 Å². The van der Waals surface area contributed by atoms with Crippen LogP contribution < -0.4 is 5.32 Å². The van der Waals surface area contributed by atoms with Crippen LogP contribution in [0, 0.1) is 19.7 Å². The number of hydrogen-bond acceptors (Lipinski definition) is 2. The molecule has 0 fully saturated rings. The fraction of sp³-hybridized carbons (Fsp3) is 0.240. The first-order valence-electron chi connectivity index (χ1n) is 10.1. The van der Waals surface area contributed by atoms with Crippen molar-refractivity contribution < 1.29 is 13.6 Å². The van der Waals surface area contributed by atoms with E-state index in [0.717, 1.165) is 27.9 Å². The Morgan fingerprint density at radius 2 is 1.93 bits per heavy atom. The van der Waals surface area contributed by atoms with Gasteiger partial charge in [0.05, 0.1) is 12.8 Å². The minimum atomic E-state index is -0.210. The van der Waals surface area contributed by atoms with Crippen LogP contribution in [0.5, 0.6) is 0 Å². The predicted octanol–water partition coefficient (Wildman–Crippen LogP) is 5.40. The van der Waals surface area contributed by atoms with Crippen molar-refractivity contribution in [2.24, 2.45) is 0 Å². The number of carbonyl (C=O) groups excluding carboxylic acids is 1. The number of aromatic nitrogens is 1. The van der Waals surface area contributed by atoms with Gasteiger partial charge in [0.25, 0.3) is 5.91 Å². The van der Waals surface area contributed by atoms with E-state index in [1.165, 1.54) is 6.07 Å². The van der Waals surface area contributed by atoms with Gasteiger partial charge in [0, 0.05) is 40.2 Å². The molecule has 1 N–H and O–H groups in total. The number of furan rings is 1. The molecule has 0 bridgehead atoms. The average Bonchev–Trinajstić information content (AvgIpc) is 3.32. The van der Waals surface area contributed by atoms with E-state index in [2.05, 4.69) is 9.88 Å². The van der Waals surface area contributed by atoms with Gasteiger partial charge < -0.3 is 14.3 Å². The quantitative estimate of drug-likeness (QED) is 0.468. The second kappa shape index (κ2) is 8.19. The van der Waals surface area contributed by atoms with E-state index in [0.29, 0.717) is 24.1 Å². The van der Waals surface area contributed by atoms with Crippen molar-refractivity contribution in [1.82, 2.24) is 9.88 Å². The molecule has 5 heteroatoms. The molecule has 0 aliphatic rings. The Morgan fingerprint density at radius 1 is 1.13 bits per heavy atom. The maximum absolute atomic E-state index is 14.2. The molecule has 4 rings (SSSR count). The average molecular weight is 404 g/mol. The molecular formula is C25H25FN2O2. The Hall–Kier alpha value is -3.34. The number of amides is 1. The number of fused-ring (bicyclic) bond motifs is 1. The molecule has 0 saturated carbocycles. The maximum Gasteiger partial charge on any atom is 0.251 e. The number of hydrogen-bond donors (Lipinski definition) is 1. The molecule has 0 saturated heterocycles. The minimum absolute atomic E-state index is 0.0483. The Labute approximate surface area is 175 Å². The van der Waals surface area contributed by atoms with E-state index in [-0.39, 0.29) is 17.8 Å². The first kappa shape index (κ1) is 20.0. The van der Waals surface area contributed by atoms with Gasteiger partial charge in [-0.15, -0.1) is 0 Å². The molecule has 30 heavy (non-hydrogen) atoms. The van der Waals surface area contributed by atoms with Crippen molar-refractivity contribution in [1.29, 1.82) is 0 Å². The van der Waals surface area contributed by atoms with Crippen molar-refractivity contribution in [3.63, 3.8) is 0 Å². The highest BCUT2D eigenvalue weighted by atomic mass is 19.1. The predicted molar refractivity (Wildman–Crippen MR) is 116 cm³/mol. The lowest BCUT2D eigenvalue weighted by Gasteiger charge is -2.13. The summed E-state index contributed by atoms with van der Waals surface area (Å²) in [6, 6.07) is 16.2. The molecule has 154 valence electrons. The molecule has 2 heterocycles. The topological polar surface area (TPSA) is 47.2 Å². The van der Waals surface area contributed by atoms with E-state index in [1.54, 1.807) is 18.4 Å². The zero-order valence-electron chi connectivity index (χ0n) is 17.4. The van der Waals surface area contributed by atoms with Crippen LogP contribution in [0.25, 0.3) is 10.9 Å². The number of nitrogens with one attached hydrogen (secondary N) is 1. The molecule has 0 aliphatic carbocycles. The lowest BCUT2D eigenvalue weighted by Crippen LogP contribution is -2.33. The van der Waals surface area contributed by atoms with Gasteiger partial charge in [-0.1, -0.05) is 18.2 Å². The van der Waals surface area contributed by atoms with Gasteiger partial charge in [-0.05, 0) is 62.7 Å². The molecule has 1 amide bonds. The first-order chi connectivity index (χ1) is 14.4. The molecule has 0 radical (unpaired) electrons. The third-order valence-corrected chi connectivity index (χ3v) is 5.65. The SMILES string of the molecule is Cc1c(C)n(Cc2ccccc2F)c2ccc(C(=O)NC(C)Cc3ccco3)cc12. The third kappa shape index (κ3) is 3.88. The van der Waals surface area contributed by atoms with Gasteiger partial charge in [-0.2, -0.15) is 0 Å². The standard InChI is InChI=1S/C25H25FN2O2/c1-16(13-21-8-6-12-30-21)27-25(29)19-10-11-24-22(14-19)17(2)18(3)28(24)15-20-7-4-5-9-23(20)26/h4-12,14,16H,13,15H2,1-3H3,(H,27,29). The highest BCUT2D eigenvalue weighted by molar-refractivity contribution is 5.99. The number of halogens is 1. The summed E-state index contributed by atoms with van der Waals surface area (Å²) in [5.74, 6) is 0.516. The summed E-state index contributed by atoms with van der Waals surface area (Å²) in [7, 11) is 0. The Balaban J connectivity index is 1.59. The first-order valence-corrected chi connectivity index (χ1v) is 10.1. The fourth-order valence-electron chi connectivity index (χ4n) is 3.88. The number of carbonyl (C=O) groups is 1. The Morgan fingerprint density at radius 3 is 2.67 bits per heavy atom. The highest BCUT2D eigenvalue weighted by Crippen LogP contribution is 2.27. The van der Waals surface area contributed by atoms with E-state index in [4.69, 9.17) is 4.42 Å². The summed E-state index contributed by atoms with van der Waals surface area (Å²) >= 11 is 0. The van der Waals surface area contributed by atoms with Crippen LogP contribution in [0.2, 0.25) is 0 Å². The molecular weight excluding hydrogens is 379 g/mol. The van der Waals surface area contributed by atoms with Crippen LogP contribution in [-0.4, -0.2) is 16.5 Å². The summed E-state index contributed by atoms with van der Waals surface area (Å²) < 4.78 is 21.6. The molecule has 4 aromatic rings. The highest BCUT2D eigenvalue weighted by Gasteiger charge is 2.16. The van der Waals surface area contributed by atoms with Crippen LogP contribution in [-0.2, 0) is 13.0 Å². The summed E-state index contributed by atoms with van der Waals surface area (Å²) in [5.41, 5.74) is 4.41. The van der Waals surface area contributed by atoms with Crippen LogP contribution in [0.1, 0.15) is 39.9 Å².